The van der Waals surface area contributed by atoms with Crippen molar-refractivity contribution in [1.29, 1.82) is 0 Å². The van der Waals surface area contributed by atoms with Crippen molar-refractivity contribution in [2.45, 2.75) is 207 Å². The van der Waals surface area contributed by atoms with Gasteiger partial charge in [-0.1, -0.05) is 118 Å². The number of ketones is 4. The average Bonchev–Trinajstić information content (AvgIpc) is 3.80. The van der Waals surface area contributed by atoms with E-state index in [0.29, 0.717) is 84.5 Å². The van der Waals surface area contributed by atoms with Gasteiger partial charge in [0, 0.05) is 99.0 Å². The number of hydrogen-bond donors (Lipinski definition) is 5. The Hall–Kier alpha value is -3.75. The molecule has 0 aromatic carbocycles. The third-order valence-electron chi connectivity index (χ3n) is 12.6. The number of hydrogen-bond acceptors (Lipinski definition) is 11. The minimum Gasteiger partial charge on any atom is -0.481 e. The van der Waals surface area contributed by atoms with Crippen LogP contribution in [0.4, 0.5) is 0 Å². The SMILES string of the molecule is C=C(COCCOCCCC(=O)[C@H](CCCCN)CC(=O)C(C)(C)CC(=O)C(C)(C)CC(=O)CCc1cnc[nH]1)NCCCCNC(=O)CCCCCCCCCCCCCCCCC(=O)O. The van der Waals surface area contributed by atoms with Crippen molar-refractivity contribution in [2.24, 2.45) is 22.5 Å². The molecule has 1 aromatic heterocycles. The fourth-order valence-corrected chi connectivity index (χ4v) is 8.06. The predicted octanol–water partition coefficient (Wildman–Crippen LogP) is 9.73. The van der Waals surface area contributed by atoms with Crippen LogP contribution in [0.2, 0.25) is 0 Å². The molecule has 0 fully saturated rings. The number of aromatic amines is 1. The van der Waals surface area contributed by atoms with Crippen LogP contribution in [0.15, 0.2) is 24.8 Å². The van der Waals surface area contributed by atoms with Crippen LogP contribution in [0.3, 0.4) is 0 Å². The summed E-state index contributed by atoms with van der Waals surface area (Å²) in [5, 5.41) is 15.0. The lowest BCUT2D eigenvalue weighted by atomic mass is 9.72. The molecule has 0 saturated heterocycles. The largest absolute Gasteiger partial charge is 0.481 e. The first-order valence-corrected chi connectivity index (χ1v) is 25.9. The van der Waals surface area contributed by atoms with Gasteiger partial charge in [0.05, 0.1) is 26.1 Å². The van der Waals surface area contributed by atoms with Crippen molar-refractivity contribution < 1.29 is 43.3 Å². The van der Waals surface area contributed by atoms with E-state index < -0.39 is 22.7 Å². The van der Waals surface area contributed by atoms with Gasteiger partial charge in [-0.15, -0.1) is 0 Å². The van der Waals surface area contributed by atoms with Gasteiger partial charge in [0.15, 0.2) is 0 Å². The highest BCUT2D eigenvalue weighted by Gasteiger charge is 2.38. The Labute approximate surface area is 404 Å². The molecule has 0 unspecified atom stereocenters. The van der Waals surface area contributed by atoms with Gasteiger partial charge >= 0.3 is 5.97 Å². The highest BCUT2D eigenvalue weighted by molar-refractivity contribution is 5.96. The number of carboxylic acids is 1. The Morgan fingerprint density at radius 3 is 1.82 bits per heavy atom. The van der Waals surface area contributed by atoms with Crippen molar-refractivity contribution in [3.63, 3.8) is 0 Å². The van der Waals surface area contributed by atoms with E-state index in [1.165, 1.54) is 57.8 Å². The number of carbonyl (C=O) groups excluding carboxylic acids is 5. The summed E-state index contributed by atoms with van der Waals surface area (Å²) in [5.41, 5.74) is 5.49. The molecule has 1 amide bonds. The first-order valence-electron chi connectivity index (χ1n) is 25.9. The minimum atomic E-state index is -0.972. The third-order valence-corrected chi connectivity index (χ3v) is 12.6. The van der Waals surface area contributed by atoms with E-state index >= 15 is 0 Å². The normalized spacial score (nSPS) is 12.2. The van der Waals surface area contributed by atoms with Crippen LogP contribution in [0.25, 0.3) is 0 Å². The molecule has 1 heterocycles. The molecule has 384 valence electrons. The van der Waals surface area contributed by atoms with Gasteiger partial charge < -0.3 is 35.9 Å². The summed E-state index contributed by atoms with van der Waals surface area (Å²) in [7, 11) is 0. The number of unbranched alkanes of at least 4 members (excludes halogenated alkanes) is 15. The first kappa shape index (κ1) is 61.3. The van der Waals surface area contributed by atoms with Crippen LogP contribution in [-0.4, -0.2) is 96.1 Å². The van der Waals surface area contributed by atoms with Gasteiger partial charge in [0.1, 0.15) is 23.1 Å². The number of H-pyrrole nitrogens is 1. The highest BCUT2D eigenvalue weighted by Crippen LogP contribution is 2.34. The summed E-state index contributed by atoms with van der Waals surface area (Å²) >= 11 is 0. The lowest BCUT2D eigenvalue weighted by Crippen LogP contribution is -2.36. The van der Waals surface area contributed by atoms with E-state index in [9.17, 15) is 28.8 Å². The maximum atomic E-state index is 13.6. The summed E-state index contributed by atoms with van der Waals surface area (Å²) in [5.74, 6) is -1.26. The van der Waals surface area contributed by atoms with E-state index in [1.807, 2.05) is 0 Å². The zero-order chi connectivity index (χ0) is 49.6. The number of nitrogens with two attached hydrogens (primary N) is 1. The average molecular weight is 944 g/mol. The summed E-state index contributed by atoms with van der Waals surface area (Å²) in [4.78, 5) is 82.8. The van der Waals surface area contributed by atoms with Crippen molar-refractivity contribution in [1.82, 2.24) is 20.6 Å². The van der Waals surface area contributed by atoms with Crippen LogP contribution in [0.1, 0.15) is 207 Å². The molecular weight excluding hydrogens is 851 g/mol. The second-order valence-corrected chi connectivity index (χ2v) is 19.9. The van der Waals surface area contributed by atoms with Crippen LogP contribution < -0.4 is 16.4 Å². The highest BCUT2D eigenvalue weighted by atomic mass is 16.5. The molecule has 0 bridgehead atoms. The number of carboxylic acid groups (broad SMARTS) is 1. The molecule has 0 aliphatic rings. The second kappa shape index (κ2) is 38.1. The van der Waals surface area contributed by atoms with E-state index in [4.69, 9.17) is 20.3 Å². The van der Waals surface area contributed by atoms with Gasteiger partial charge in [0.25, 0.3) is 0 Å². The minimum absolute atomic E-state index is 0.00414. The Balaban J connectivity index is 2.12. The zero-order valence-corrected chi connectivity index (χ0v) is 42.4. The summed E-state index contributed by atoms with van der Waals surface area (Å²) in [6, 6.07) is 0. The van der Waals surface area contributed by atoms with Gasteiger partial charge in [-0.25, -0.2) is 4.98 Å². The molecule has 1 aromatic rings. The molecular formula is C53H93N5O9. The van der Waals surface area contributed by atoms with Crippen LogP contribution >= 0.6 is 0 Å². The number of aromatic nitrogens is 2. The number of ether oxygens (including phenoxy) is 2. The molecule has 1 rings (SSSR count). The van der Waals surface area contributed by atoms with Crippen LogP contribution in [0, 0.1) is 16.7 Å². The van der Waals surface area contributed by atoms with E-state index in [0.717, 1.165) is 75.7 Å². The lowest BCUT2D eigenvalue weighted by molar-refractivity contribution is -0.139. The van der Waals surface area contributed by atoms with Crippen LogP contribution in [-0.2, 0) is 44.7 Å². The van der Waals surface area contributed by atoms with Crippen molar-refractivity contribution >= 4 is 35.0 Å². The summed E-state index contributed by atoms with van der Waals surface area (Å²) < 4.78 is 11.4. The first-order chi connectivity index (χ1) is 32.1. The van der Waals surface area contributed by atoms with Gasteiger partial charge in [-0.05, 0) is 57.9 Å². The number of carbonyl (C=O) groups is 6. The standard InChI is InChI=1S/C53H93N5O9/c1-43(56-32-22-23-33-57-50(63)27-18-16-14-12-10-8-6-7-9-11-13-15-17-19-28-51(64)65)41-67-36-35-66-34-24-26-47(60)44(25-20-21-31-54)37-48(61)53(4,5)39-49(62)52(2,3)38-46(59)30-29-45-40-55-42-58-45/h40,42,44,56H,1,6-39,41,54H2,2-5H3,(H,55,58)(H,57,63)(H,64,65)/t44-/m1/s1. The number of imidazole rings is 1. The number of rotatable bonds is 48. The Kier molecular flexibility index (Phi) is 34.9. The van der Waals surface area contributed by atoms with E-state index in [2.05, 4.69) is 27.2 Å². The number of Topliss-reactive ketones (excluding diaryl/α,β-unsaturated/α-hetero) is 4. The van der Waals surface area contributed by atoms with Crippen molar-refractivity contribution in [3.8, 4) is 0 Å². The topological polar surface area (TPSA) is 220 Å². The zero-order valence-electron chi connectivity index (χ0n) is 42.4. The Morgan fingerprint density at radius 1 is 0.672 bits per heavy atom. The number of aryl methyl sites for hydroxylation is 1. The third kappa shape index (κ3) is 33.4. The second-order valence-electron chi connectivity index (χ2n) is 19.9. The maximum Gasteiger partial charge on any atom is 0.303 e. The molecule has 0 saturated carbocycles. The monoisotopic (exact) mass is 944 g/mol. The molecule has 67 heavy (non-hydrogen) atoms. The number of amides is 1. The molecule has 1 atom stereocenters. The fourth-order valence-electron chi connectivity index (χ4n) is 8.06. The van der Waals surface area contributed by atoms with E-state index in [-0.39, 0.29) is 48.3 Å². The number of aliphatic carboxylic acids is 1. The summed E-state index contributed by atoms with van der Waals surface area (Å²) in [6.07, 6.45) is 26.2. The smallest absolute Gasteiger partial charge is 0.303 e. The molecule has 14 nitrogen and oxygen atoms in total. The van der Waals surface area contributed by atoms with Gasteiger partial charge in [-0.2, -0.15) is 0 Å². The maximum absolute atomic E-state index is 13.6. The molecule has 0 aliphatic heterocycles. The molecule has 14 heteroatoms. The Bertz CT molecular complexity index is 1530. The molecule has 0 radical (unpaired) electrons. The summed E-state index contributed by atoms with van der Waals surface area (Å²) in [6.45, 7) is 14.5. The number of nitrogens with zero attached hydrogens (tertiary/aromatic N) is 1. The molecule has 6 N–H and O–H groups in total. The predicted molar refractivity (Wildman–Crippen MR) is 267 cm³/mol. The van der Waals surface area contributed by atoms with Crippen molar-refractivity contribution in [3.05, 3.63) is 30.5 Å². The fraction of sp³-hybridized carbons (Fsp3) is 0.792. The van der Waals surface area contributed by atoms with Crippen molar-refractivity contribution in [2.75, 3.05) is 46.1 Å². The molecule has 0 aliphatic carbocycles. The van der Waals surface area contributed by atoms with Gasteiger partial charge in [0.2, 0.25) is 5.91 Å². The quantitative estimate of drug-likeness (QED) is 0.0386. The number of nitrogens with one attached hydrogen (secondary N) is 3. The lowest BCUT2D eigenvalue weighted by Gasteiger charge is -2.30. The van der Waals surface area contributed by atoms with E-state index in [1.54, 1.807) is 40.2 Å². The van der Waals surface area contributed by atoms with Crippen LogP contribution in [0.5, 0.6) is 0 Å². The van der Waals surface area contributed by atoms with Gasteiger partial charge in [-0.3, -0.25) is 28.8 Å². The molecule has 0 spiro atoms. The Morgan fingerprint density at radius 2 is 1.24 bits per heavy atom.